The van der Waals surface area contributed by atoms with Gasteiger partial charge in [-0.15, -0.1) is 0 Å². The van der Waals surface area contributed by atoms with Crippen molar-refractivity contribution in [3.05, 3.63) is 0 Å². The highest BCUT2D eigenvalue weighted by atomic mass is 16.4. The van der Waals surface area contributed by atoms with E-state index in [4.69, 9.17) is 5.11 Å². The molecular formula is C18H35NO3. The van der Waals surface area contributed by atoms with Crippen LogP contribution in [-0.2, 0) is 9.59 Å². The van der Waals surface area contributed by atoms with Crippen molar-refractivity contribution >= 4 is 11.9 Å². The maximum Gasteiger partial charge on any atom is 0.326 e. The summed E-state index contributed by atoms with van der Waals surface area (Å²) < 4.78 is 0. The van der Waals surface area contributed by atoms with Crippen molar-refractivity contribution in [3.8, 4) is 0 Å². The van der Waals surface area contributed by atoms with Crippen LogP contribution >= 0.6 is 0 Å². The van der Waals surface area contributed by atoms with Crippen LogP contribution in [0.1, 0.15) is 97.3 Å². The molecule has 1 atom stereocenters. The summed E-state index contributed by atoms with van der Waals surface area (Å²) in [5, 5.41) is 11.5. The summed E-state index contributed by atoms with van der Waals surface area (Å²) in [6, 6.07) is -0.722. The van der Waals surface area contributed by atoms with Crippen LogP contribution in [0.15, 0.2) is 0 Å². The third-order valence-electron chi connectivity index (χ3n) is 4.02. The van der Waals surface area contributed by atoms with Gasteiger partial charge in [0.05, 0.1) is 0 Å². The quantitative estimate of drug-likeness (QED) is 0.432. The van der Waals surface area contributed by atoms with Crippen molar-refractivity contribution in [1.29, 1.82) is 0 Å². The molecule has 0 aliphatic carbocycles. The topological polar surface area (TPSA) is 66.4 Å². The zero-order chi connectivity index (χ0) is 16.6. The first kappa shape index (κ1) is 20.9. The predicted octanol–water partition coefficient (Wildman–Crippen LogP) is 4.67. The summed E-state index contributed by atoms with van der Waals surface area (Å²) in [6.07, 6.45) is 15.7. The normalized spacial score (nSPS) is 12.1. The van der Waals surface area contributed by atoms with E-state index in [1.165, 1.54) is 71.1 Å². The SMILES string of the molecule is CCCCCCCCCCCCCC[C@@H](NC(C)=O)C(=O)O. The molecule has 1 amide bonds. The first-order valence-corrected chi connectivity index (χ1v) is 9.07. The van der Waals surface area contributed by atoms with E-state index in [-0.39, 0.29) is 5.91 Å². The Labute approximate surface area is 136 Å². The number of carbonyl (C=O) groups is 2. The molecule has 0 radical (unpaired) electrons. The van der Waals surface area contributed by atoms with Gasteiger partial charge in [0.2, 0.25) is 5.91 Å². The molecule has 4 nitrogen and oxygen atoms in total. The van der Waals surface area contributed by atoms with E-state index in [2.05, 4.69) is 12.2 Å². The monoisotopic (exact) mass is 313 g/mol. The van der Waals surface area contributed by atoms with E-state index >= 15 is 0 Å². The van der Waals surface area contributed by atoms with Gasteiger partial charge in [0.1, 0.15) is 6.04 Å². The number of amides is 1. The van der Waals surface area contributed by atoms with Crippen molar-refractivity contribution in [2.75, 3.05) is 0 Å². The summed E-state index contributed by atoms with van der Waals surface area (Å²) in [4.78, 5) is 21.9. The number of carboxylic acids is 1. The second-order valence-electron chi connectivity index (χ2n) is 6.27. The molecule has 4 heteroatoms. The van der Waals surface area contributed by atoms with Gasteiger partial charge in [0, 0.05) is 6.92 Å². The maximum atomic E-state index is 11.0. The highest BCUT2D eigenvalue weighted by Gasteiger charge is 2.17. The first-order chi connectivity index (χ1) is 10.6. The molecule has 0 rings (SSSR count). The van der Waals surface area contributed by atoms with E-state index in [9.17, 15) is 9.59 Å². The number of rotatable bonds is 15. The van der Waals surface area contributed by atoms with Crippen LogP contribution in [0.4, 0.5) is 0 Å². The Kier molecular flexibility index (Phi) is 14.1. The Bertz CT molecular complexity index is 292. The van der Waals surface area contributed by atoms with Gasteiger partial charge in [-0.3, -0.25) is 4.79 Å². The molecule has 0 saturated carbocycles. The lowest BCUT2D eigenvalue weighted by molar-refractivity contribution is -0.141. The highest BCUT2D eigenvalue weighted by Crippen LogP contribution is 2.13. The minimum atomic E-state index is -0.932. The van der Waals surface area contributed by atoms with E-state index in [1.54, 1.807) is 0 Å². The van der Waals surface area contributed by atoms with Crippen molar-refractivity contribution in [2.24, 2.45) is 0 Å². The minimum Gasteiger partial charge on any atom is -0.480 e. The Balaban J connectivity index is 3.35. The third kappa shape index (κ3) is 13.9. The molecule has 0 aromatic heterocycles. The fourth-order valence-corrected chi connectivity index (χ4v) is 2.69. The first-order valence-electron chi connectivity index (χ1n) is 9.07. The smallest absolute Gasteiger partial charge is 0.326 e. The largest absolute Gasteiger partial charge is 0.480 e. The number of unbranched alkanes of at least 4 members (excludes halogenated alkanes) is 11. The van der Waals surface area contributed by atoms with Crippen molar-refractivity contribution in [3.63, 3.8) is 0 Å². The fraction of sp³-hybridized carbons (Fsp3) is 0.889. The molecule has 0 aromatic carbocycles. The fourth-order valence-electron chi connectivity index (χ4n) is 2.69. The molecule has 0 bridgehead atoms. The van der Waals surface area contributed by atoms with Crippen LogP contribution in [0.5, 0.6) is 0 Å². The van der Waals surface area contributed by atoms with Crippen molar-refractivity contribution in [2.45, 2.75) is 103 Å². The molecular weight excluding hydrogens is 278 g/mol. The molecule has 0 heterocycles. The van der Waals surface area contributed by atoms with E-state index in [1.807, 2.05) is 0 Å². The summed E-state index contributed by atoms with van der Waals surface area (Å²) in [5.74, 6) is -1.20. The average molecular weight is 313 g/mol. The summed E-state index contributed by atoms with van der Waals surface area (Å²) in [7, 11) is 0. The molecule has 0 unspecified atom stereocenters. The van der Waals surface area contributed by atoms with Crippen molar-refractivity contribution < 1.29 is 14.7 Å². The number of carboxylic acid groups (broad SMARTS) is 1. The second kappa shape index (κ2) is 14.9. The van der Waals surface area contributed by atoms with E-state index in [0.717, 1.165) is 12.8 Å². The van der Waals surface area contributed by atoms with Gasteiger partial charge in [-0.05, 0) is 6.42 Å². The summed E-state index contributed by atoms with van der Waals surface area (Å²) >= 11 is 0. The minimum absolute atomic E-state index is 0.272. The number of hydrogen-bond acceptors (Lipinski definition) is 2. The van der Waals surface area contributed by atoms with Gasteiger partial charge in [0.15, 0.2) is 0 Å². The molecule has 0 saturated heterocycles. The van der Waals surface area contributed by atoms with Crippen LogP contribution in [0.2, 0.25) is 0 Å². The Morgan fingerprint density at radius 1 is 0.818 bits per heavy atom. The maximum absolute atomic E-state index is 11.0. The zero-order valence-corrected chi connectivity index (χ0v) is 14.5. The molecule has 22 heavy (non-hydrogen) atoms. The lowest BCUT2D eigenvalue weighted by Crippen LogP contribution is -2.39. The Hall–Kier alpha value is -1.06. The summed E-state index contributed by atoms with van der Waals surface area (Å²) in [6.45, 7) is 3.60. The van der Waals surface area contributed by atoms with Gasteiger partial charge in [0.25, 0.3) is 0 Å². The molecule has 130 valence electrons. The number of aliphatic carboxylic acids is 1. The lowest BCUT2D eigenvalue weighted by atomic mass is 10.0. The highest BCUT2D eigenvalue weighted by molar-refractivity contribution is 5.81. The van der Waals surface area contributed by atoms with Crippen molar-refractivity contribution in [1.82, 2.24) is 5.32 Å². The molecule has 2 N–H and O–H groups in total. The summed E-state index contributed by atoms with van der Waals surface area (Å²) in [5.41, 5.74) is 0. The van der Waals surface area contributed by atoms with Gasteiger partial charge in [-0.1, -0.05) is 84.0 Å². The number of nitrogens with one attached hydrogen (secondary N) is 1. The predicted molar refractivity (Wildman–Crippen MR) is 90.9 cm³/mol. The van der Waals surface area contributed by atoms with E-state index < -0.39 is 12.0 Å². The second-order valence-corrected chi connectivity index (χ2v) is 6.27. The number of carbonyl (C=O) groups excluding carboxylic acids is 1. The number of hydrogen-bond donors (Lipinski definition) is 2. The van der Waals surface area contributed by atoms with E-state index in [0.29, 0.717) is 6.42 Å². The van der Waals surface area contributed by atoms with Crippen LogP contribution in [0, 0.1) is 0 Å². The van der Waals surface area contributed by atoms with Crippen LogP contribution < -0.4 is 5.32 Å². The van der Waals surface area contributed by atoms with Crippen LogP contribution in [-0.4, -0.2) is 23.0 Å². The van der Waals surface area contributed by atoms with Gasteiger partial charge >= 0.3 is 5.97 Å². The van der Waals surface area contributed by atoms with Gasteiger partial charge < -0.3 is 10.4 Å². The average Bonchev–Trinajstić information content (AvgIpc) is 2.46. The molecule has 0 fully saturated rings. The molecule has 0 aromatic rings. The molecule has 0 aliphatic rings. The molecule has 0 spiro atoms. The van der Waals surface area contributed by atoms with Crippen LogP contribution in [0.25, 0.3) is 0 Å². The van der Waals surface area contributed by atoms with Crippen LogP contribution in [0.3, 0.4) is 0 Å². The lowest BCUT2D eigenvalue weighted by Gasteiger charge is -2.12. The Morgan fingerprint density at radius 3 is 1.59 bits per heavy atom. The Morgan fingerprint density at radius 2 is 1.23 bits per heavy atom. The third-order valence-corrected chi connectivity index (χ3v) is 4.02. The van der Waals surface area contributed by atoms with Gasteiger partial charge in [-0.25, -0.2) is 4.79 Å². The molecule has 0 aliphatic heterocycles. The zero-order valence-electron chi connectivity index (χ0n) is 14.5. The standard InChI is InChI=1S/C18H35NO3/c1-3-4-5-6-7-8-9-10-11-12-13-14-15-17(18(21)22)19-16(2)20/h17H,3-15H2,1-2H3,(H,19,20)(H,21,22)/t17-/m1/s1. The van der Waals surface area contributed by atoms with Gasteiger partial charge in [-0.2, -0.15) is 0 Å².